The fraction of sp³-hybridized carbons (Fsp3) is 0.417. The molecule has 0 N–H and O–H groups in total. The van der Waals surface area contributed by atoms with Gasteiger partial charge in [-0.15, -0.1) is 4.72 Å². The lowest BCUT2D eigenvalue weighted by Gasteiger charge is -2.10. The highest BCUT2D eigenvalue weighted by molar-refractivity contribution is 7.89. The Balaban J connectivity index is 3.05. The van der Waals surface area contributed by atoms with E-state index in [1.54, 1.807) is 12.1 Å². The number of hydrogen-bond donors (Lipinski definition) is 0. The minimum Gasteiger partial charge on any atom is -0.266 e. The van der Waals surface area contributed by atoms with Crippen molar-refractivity contribution in [2.45, 2.75) is 26.7 Å². The maximum Gasteiger partial charge on any atom is 0.288 e. The SMILES string of the molecule is CCS(=O)(=O)[N]C(=O)c1ccccc1C(C)C. The third kappa shape index (κ3) is 3.56. The minimum atomic E-state index is -3.63. The summed E-state index contributed by atoms with van der Waals surface area (Å²) in [6, 6.07) is 6.94. The highest BCUT2D eigenvalue weighted by Gasteiger charge is 2.20. The van der Waals surface area contributed by atoms with E-state index in [1.807, 2.05) is 26.0 Å². The number of carbonyl (C=O) groups excluding carboxylic acids is 1. The second kappa shape index (κ2) is 5.31. The van der Waals surface area contributed by atoms with Gasteiger partial charge in [0.2, 0.25) is 0 Å². The number of carbonyl (C=O) groups is 1. The Morgan fingerprint density at radius 1 is 1.29 bits per heavy atom. The first kappa shape index (κ1) is 13.7. The fourth-order valence-corrected chi connectivity index (χ4v) is 1.92. The zero-order chi connectivity index (χ0) is 13.1. The molecule has 0 bridgehead atoms. The van der Waals surface area contributed by atoms with Crippen LogP contribution in [0.4, 0.5) is 0 Å². The van der Waals surface area contributed by atoms with E-state index < -0.39 is 15.9 Å². The van der Waals surface area contributed by atoms with E-state index in [0.717, 1.165) is 5.56 Å². The Morgan fingerprint density at radius 2 is 1.88 bits per heavy atom. The molecule has 5 heteroatoms. The second-order valence-corrected chi connectivity index (χ2v) is 5.93. The average molecular weight is 254 g/mol. The van der Waals surface area contributed by atoms with Crippen LogP contribution in [-0.4, -0.2) is 20.1 Å². The van der Waals surface area contributed by atoms with Gasteiger partial charge >= 0.3 is 0 Å². The van der Waals surface area contributed by atoms with Crippen LogP contribution in [0, 0.1) is 0 Å². The zero-order valence-corrected chi connectivity index (χ0v) is 11.0. The number of benzene rings is 1. The monoisotopic (exact) mass is 254 g/mol. The normalized spacial score (nSPS) is 11.5. The molecule has 0 aliphatic heterocycles. The lowest BCUT2D eigenvalue weighted by molar-refractivity contribution is 0.0977. The van der Waals surface area contributed by atoms with Crippen molar-refractivity contribution in [3.8, 4) is 0 Å². The van der Waals surface area contributed by atoms with Gasteiger partial charge in [-0.25, -0.2) is 8.42 Å². The third-order valence-corrected chi connectivity index (χ3v) is 3.57. The summed E-state index contributed by atoms with van der Waals surface area (Å²) in [7, 11) is -3.63. The molecule has 0 aliphatic rings. The summed E-state index contributed by atoms with van der Waals surface area (Å²) < 4.78 is 25.8. The maximum absolute atomic E-state index is 11.8. The van der Waals surface area contributed by atoms with Gasteiger partial charge < -0.3 is 0 Å². The molecule has 17 heavy (non-hydrogen) atoms. The lowest BCUT2D eigenvalue weighted by Crippen LogP contribution is -2.25. The van der Waals surface area contributed by atoms with Crippen molar-refractivity contribution in [1.82, 2.24) is 4.72 Å². The summed E-state index contributed by atoms with van der Waals surface area (Å²) in [6.45, 7) is 5.35. The van der Waals surface area contributed by atoms with Gasteiger partial charge in [0.15, 0.2) is 0 Å². The van der Waals surface area contributed by atoms with Gasteiger partial charge in [0.1, 0.15) is 0 Å². The van der Waals surface area contributed by atoms with Crippen molar-refractivity contribution in [2.75, 3.05) is 5.75 Å². The van der Waals surface area contributed by atoms with Gasteiger partial charge in [0.05, 0.1) is 5.75 Å². The average Bonchev–Trinajstić information content (AvgIpc) is 2.28. The van der Waals surface area contributed by atoms with Crippen LogP contribution >= 0.6 is 0 Å². The largest absolute Gasteiger partial charge is 0.288 e. The first-order valence-corrected chi connectivity index (χ1v) is 7.07. The Morgan fingerprint density at radius 3 is 2.41 bits per heavy atom. The maximum atomic E-state index is 11.8. The molecule has 93 valence electrons. The van der Waals surface area contributed by atoms with E-state index in [1.165, 1.54) is 6.92 Å². The molecule has 0 heterocycles. The van der Waals surface area contributed by atoms with Gasteiger partial charge in [-0.1, -0.05) is 32.0 Å². The molecule has 0 aliphatic carbocycles. The standard InChI is InChI=1S/C12H16NO3S/c1-4-17(15,16)13-12(14)11-8-6-5-7-10(11)9(2)3/h5-9H,4H2,1-3H3. The first-order valence-electron chi connectivity index (χ1n) is 5.46. The van der Waals surface area contributed by atoms with E-state index in [4.69, 9.17) is 0 Å². The molecule has 0 spiro atoms. The van der Waals surface area contributed by atoms with Crippen LogP contribution in [0.2, 0.25) is 0 Å². The summed E-state index contributed by atoms with van der Waals surface area (Å²) in [4.78, 5) is 11.8. The van der Waals surface area contributed by atoms with Gasteiger partial charge in [0.25, 0.3) is 15.9 Å². The smallest absolute Gasteiger partial charge is 0.266 e. The predicted octanol–water partition coefficient (Wildman–Crippen LogP) is 1.90. The third-order valence-electron chi connectivity index (χ3n) is 2.40. The molecular formula is C12H16NO3S. The van der Waals surface area contributed by atoms with Crippen LogP contribution in [0.3, 0.4) is 0 Å². The predicted molar refractivity (Wildman–Crippen MR) is 66.5 cm³/mol. The molecule has 1 rings (SSSR count). The molecule has 1 amide bonds. The fourth-order valence-electron chi connectivity index (χ4n) is 1.44. The van der Waals surface area contributed by atoms with Crippen LogP contribution in [0.1, 0.15) is 42.6 Å². The first-order chi connectivity index (χ1) is 7.87. The van der Waals surface area contributed by atoms with Crippen molar-refractivity contribution in [1.29, 1.82) is 0 Å². The van der Waals surface area contributed by atoms with E-state index in [9.17, 15) is 13.2 Å². The summed E-state index contributed by atoms with van der Waals surface area (Å²) >= 11 is 0. The zero-order valence-electron chi connectivity index (χ0n) is 10.2. The summed E-state index contributed by atoms with van der Waals surface area (Å²) in [5, 5.41) is 0. The van der Waals surface area contributed by atoms with Crippen molar-refractivity contribution in [2.24, 2.45) is 0 Å². The molecular weight excluding hydrogens is 238 g/mol. The van der Waals surface area contributed by atoms with Crippen molar-refractivity contribution in [3.05, 3.63) is 35.4 Å². The molecule has 1 aromatic rings. The molecule has 0 unspecified atom stereocenters. The molecule has 0 saturated heterocycles. The van der Waals surface area contributed by atoms with Gasteiger partial charge in [-0.05, 0) is 24.5 Å². The highest BCUT2D eigenvalue weighted by atomic mass is 32.2. The van der Waals surface area contributed by atoms with Gasteiger partial charge in [0, 0.05) is 5.56 Å². The van der Waals surface area contributed by atoms with E-state index >= 15 is 0 Å². The van der Waals surface area contributed by atoms with E-state index in [2.05, 4.69) is 4.72 Å². The molecule has 0 fully saturated rings. The highest BCUT2D eigenvalue weighted by Crippen LogP contribution is 2.19. The Labute approximate surface area is 102 Å². The number of sulfonamides is 1. The second-order valence-electron chi connectivity index (χ2n) is 4.01. The summed E-state index contributed by atoms with van der Waals surface area (Å²) in [6.07, 6.45) is 0. The van der Waals surface area contributed by atoms with Crippen molar-refractivity contribution >= 4 is 15.9 Å². The van der Waals surface area contributed by atoms with Crippen LogP contribution in [0.25, 0.3) is 0 Å². The molecule has 0 saturated carbocycles. The minimum absolute atomic E-state index is 0.148. The van der Waals surface area contributed by atoms with Crippen LogP contribution in [0.5, 0.6) is 0 Å². The Bertz CT molecular complexity index is 506. The quantitative estimate of drug-likeness (QED) is 0.824. The summed E-state index contributed by atoms with van der Waals surface area (Å²) in [5.74, 6) is -0.700. The van der Waals surface area contributed by atoms with Crippen LogP contribution < -0.4 is 4.72 Å². The van der Waals surface area contributed by atoms with Crippen LogP contribution in [-0.2, 0) is 10.0 Å². The van der Waals surface area contributed by atoms with Crippen LogP contribution in [0.15, 0.2) is 24.3 Å². The van der Waals surface area contributed by atoms with Gasteiger partial charge in [-0.2, -0.15) is 0 Å². The number of hydrogen-bond acceptors (Lipinski definition) is 3. The number of nitrogens with zero attached hydrogens (tertiary/aromatic N) is 1. The number of rotatable bonds is 4. The van der Waals surface area contributed by atoms with E-state index in [-0.39, 0.29) is 11.7 Å². The van der Waals surface area contributed by atoms with Crippen molar-refractivity contribution in [3.63, 3.8) is 0 Å². The topological polar surface area (TPSA) is 65.3 Å². The van der Waals surface area contributed by atoms with E-state index in [0.29, 0.717) is 5.56 Å². The number of amides is 1. The molecule has 1 radical (unpaired) electrons. The molecule has 0 atom stereocenters. The van der Waals surface area contributed by atoms with Crippen molar-refractivity contribution < 1.29 is 13.2 Å². The molecule has 4 nitrogen and oxygen atoms in total. The lowest BCUT2D eigenvalue weighted by atomic mass is 9.97. The molecule has 0 aromatic heterocycles. The van der Waals surface area contributed by atoms with Gasteiger partial charge in [-0.3, -0.25) is 4.79 Å². The summed E-state index contributed by atoms with van der Waals surface area (Å²) in [5.41, 5.74) is 1.17. The Hall–Kier alpha value is -1.36. The molecule has 1 aromatic carbocycles. The Kier molecular flexibility index (Phi) is 4.28.